The summed E-state index contributed by atoms with van der Waals surface area (Å²) in [6.07, 6.45) is 0. The lowest BCUT2D eigenvalue weighted by atomic mass is 10.1. The third-order valence-electron chi connectivity index (χ3n) is 5.64. The molecule has 0 aliphatic heterocycles. The predicted molar refractivity (Wildman–Crippen MR) is 125 cm³/mol. The zero-order chi connectivity index (χ0) is 22.5. The van der Waals surface area contributed by atoms with Crippen LogP contribution in [0.2, 0.25) is 0 Å². The zero-order valence-corrected chi connectivity index (χ0v) is 19.9. The highest BCUT2D eigenvalue weighted by Crippen LogP contribution is 2.09. The lowest BCUT2D eigenvalue weighted by Gasteiger charge is -2.29. The van der Waals surface area contributed by atoms with Crippen molar-refractivity contribution < 1.29 is 9.59 Å². The molecule has 1 rings (SSSR count). The smallest absolute Gasteiger partial charge is 0.253 e. The molecule has 0 fully saturated rings. The third kappa shape index (κ3) is 8.84. The van der Waals surface area contributed by atoms with Gasteiger partial charge in [0, 0.05) is 44.2 Å². The predicted octanol–water partition coefficient (Wildman–Crippen LogP) is 3.08. The second-order valence-corrected chi connectivity index (χ2v) is 7.92. The van der Waals surface area contributed by atoms with Crippen molar-refractivity contribution in [1.82, 2.24) is 20.0 Å². The number of carbonyl (C=O) groups excluding carboxylic acids is 2. The van der Waals surface area contributed by atoms with Gasteiger partial charge in [-0.15, -0.1) is 0 Å². The first-order chi connectivity index (χ1) is 14.4. The van der Waals surface area contributed by atoms with Crippen molar-refractivity contribution in [3.8, 4) is 0 Å². The van der Waals surface area contributed by atoms with Crippen molar-refractivity contribution in [3.63, 3.8) is 0 Å². The van der Waals surface area contributed by atoms with Gasteiger partial charge in [0.25, 0.3) is 5.91 Å². The van der Waals surface area contributed by atoms with Crippen LogP contribution in [0.25, 0.3) is 0 Å². The first-order valence-corrected chi connectivity index (χ1v) is 11.5. The molecule has 0 unspecified atom stereocenters. The van der Waals surface area contributed by atoms with Crippen molar-refractivity contribution in [3.05, 3.63) is 35.4 Å². The average molecular weight is 419 g/mol. The first-order valence-electron chi connectivity index (χ1n) is 11.5. The molecule has 0 saturated carbocycles. The van der Waals surface area contributed by atoms with Crippen LogP contribution in [0, 0.1) is 5.92 Å². The molecule has 30 heavy (non-hydrogen) atoms. The second-order valence-electron chi connectivity index (χ2n) is 7.92. The fourth-order valence-corrected chi connectivity index (χ4v) is 3.26. The van der Waals surface area contributed by atoms with E-state index >= 15 is 0 Å². The van der Waals surface area contributed by atoms with Gasteiger partial charge in [-0.05, 0) is 43.9 Å². The van der Waals surface area contributed by atoms with Gasteiger partial charge in [0.1, 0.15) is 0 Å². The van der Waals surface area contributed by atoms with Gasteiger partial charge in [0.05, 0.1) is 0 Å². The van der Waals surface area contributed by atoms with Crippen LogP contribution in [0.1, 0.15) is 57.5 Å². The Morgan fingerprint density at radius 1 is 0.800 bits per heavy atom. The molecule has 0 saturated heterocycles. The Morgan fingerprint density at radius 2 is 1.27 bits per heavy atom. The quantitative estimate of drug-likeness (QED) is 0.504. The van der Waals surface area contributed by atoms with E-state index in [1.807, 2.05) is 43.0 Å². The topological polar surface area (TPSA) is 55.9 Å². The molecule has 0 radical (unpaired) electrons. The summed E-state index contributed by atoms with van der Waals surface area (Å²) in [6, 6.07) is 7.61. The number of rotatable bonds is 14. The summed E-state index contributed by atoms with van der Waals surface area (Å²) in [5, 5.41) is 2.92. The fraction of sp³-hybridized carbons (Fsp3) is 0.667. The van der Waals surface area contributed by atoms with Crippen molar-refractivity contribution in [2.45, 2.75) is 48.1 Å². The molecule has 0 bridgehead atoms. The molecule has 0 spiro atoms. The van der Waals surface area contributed by atoms with E-state index in [1.165, 1.54) is 0 Å². The van der Waals surface area contributed by atoms with Gasteiger partial charge < -0.3 is 20.0 Å². The second kappa shape index (κ2) is 14.1. The van der Waals surface area contributed by atoms with E-state index in [0.29, 0.717) is 12.1 Å². The van der Waals surface area contributed by atoms with E-state index < -0.39 is 0 Å². The van der Waals surface area contributed by atoms with Crippen molar-refractivity contribution >= 4 is 11.8 Å². The highest BCUT2D eigenvalue weighted by atomic mass is 16.2. The van der Waals surface area contributed by atoms with Crippen LogP contribution in [0.4, 0.5) is 0 Å². The van der Waals surface area contributed by atoms with E-state index in [2.05, 4.69) is 42.8 Å². The Bertz CT molecular complexity index is 607. The number of benzene rings is 1. The Hall–Kier alpha value is -1.92. The average Bonchev–Trinajstić information content (AvgIpc) is 2.76. The van der Waals surface area contributed by atoms with Gasteiger partial charge in [0.15, 0.2) is 0 Å². The normalized spacial score (nSPS) is 11.4. The number of nitrogens with zero attached hydrogens (tertiary/aromatic N) is 3. The summed E-state index contributed by atoms with van der Waals surface area (Å²) in [6.45, 7) is 20.1. The summed E-state index contributed by atoms with van der Waals surface area (Å²) in [7, 11) is 0. The molecular weight excluding hydrogens is 376 g/mol. The monoisotopic (exact) mass is 418 g/mol. The van der Waals surface area contributed by atoms with E-state index in [4.69, 9.17) is 0 Å². The minimum atomic E-state index is -0.0315. The van der Waals surface area contributed by atoms with Crippen LogP contribution in [-0.4, -0.2) is 78.9 Å². The number of amides is 2. The Labute approximate surface area is 183 Å². The number of hydrogen-bond donors (Lipinski definition) is 1. The highest BCUT2D eigenvalue weighted by molar-refractivity contribution is 5.94. The van der Waals surface area contributed by atoms with Gasteiger partial charge in [-0.3, -0.25) is 9.59 Å². The number of nitrogens with one attached hydrogen (secondary N) is 1. The van der Waals surface area contributed by atoms with Crippen LogP contribution >= 0.6 is 0 Å². The summed E-state index contributed by atoms with van der Waals surface area (Å²) < 4.78 is 0. The van der Waals surface area contributed by atoms with Crippen molar-refractivity contribution in [2.24, 2.45) is 5.92 Å². The lowest BCUT2D eigenvalue weighted by Crippen LogP contribution is -2.42. The first kappa shape index (κ1) is 26.1. The minimum absolute atomic E-state index is 0.0315. The largest absolute Gasteiger partial charge is 0.352 e. The Balaban J connectivity index is 2.81. The fourth-order valence-electron chi connectivity index (χ4n) is 3.26. The molecule has 0 aliphatic carbocycles. The molecule has 6 nitrogen and oxygen atoms in total. The van der Waals surface area contributed by atoms with E-state index in [-0.39, 0.29) is 17.7 Å². The molecule has 0 aliphatic rings. The Morgan fingerprint density at radius 3 is 1.67 bits per heavy atom. The molecule has 1 N–H and O–H groups in total. The van der Waals surface area contributed by atoms with Crippen LogP contribution in [0.5, 0.6) is 0 Å². The van der Waals surface area contributed by atoms with Gasteiger partial charge in [-0.1, -0.05) is 53.7 Å². The standard InChI is InChI=1S/C24H42N4O2/c1-7-26(8-2)15-17-28(18-16-27(9-3)10-4)24(30)22-13-11-21(12-14-22)19-25-23(29)20(5)6/h11-14,20H,7-10,15-19H2,1-6H3,(H,25,29). The molecule has 0 heterocycles. The van der Waals surface area contributed by atoms with Crippen LogP contribution in [0.15, 0.2) is 24.3 Å². The van der Waals surface area contributed by atoms with Gasteiger partial charge in [0.2, 0.25) is 5.91 Å². The third-order valence-corrected chi connectivity index (χ3v) is 5.64. The highest BCUT2D eigenvalue weighted by Gasteiger charge is 2.17. The number of hydrogen-bond acceptors (Lipinski definition) is 4. The van der Waals surface area contributed by atoms with Crippen LogP contribution in [-0.2, 0) is 11.3 Å². The SMILES string of the molecule is CCN(CC)CCN(CCN(CC)CC)C(=O)c1ccc(CNC(=O)C(C)C)cc1. The molecule has 0 atom stereocenters. The van der Waals surface area contributed by atoms with E-state index in [0.717, 1.165) is 57.9 Å². The van der Waals surface area contributed by atoms with Crippen LogP contribution < -0.4 is 5.32 Å². The molecule has 1 aromatic rings. The summed E-state index contributed by atoms with van der Waals surface area (Å²) in [5.74, 6) is 0.0808. The summed E-state index contributed by atoms with van der Waals surface area (Å²) >= 11 is 0. The number of carbonyl (C=O) groups is 2. The van der Waals surface area contributed by atoms with Gasteiger partial charge in [-0.2, -0.15) is 0 Å². The molecule has 6 heteroatoms. The lowest BCUT2D eigenvalue weighted by molar-refractivity contribution is -0.124. The molecular formula is C24H42N4O2. The maximum Gasteiger partial charge on any atom is 0.253 e. The Kier molecular flexibility index (Phi) is 12.3. The maximum absolute atomic E-state index is 13.2. The van der Waals surface area contributed by atoms with E-state index in [9.17, 15) is 9.59 Å². The van der Waals surface area contributed by atoms with Crippen LogP contribution in [0.3, 0.4) is 0 Å². The minimum Gasteiger partial charge on any atom is -0.352 e. The van der Waals surface area contributed by atoms with Gasteiger partial charge in [-0.25, -0.2) is 0 Å². The summed E-state index contributed by atoms with van der Waals surface area (Å²) in [5.41, 5.74) is 1.70. The molecule has 1 aromatic carbocycles. The summed E-state index contributed by atoms with van der Waals surface area (Å²) in [4.78, 5) is 31.6. The zero-order valence-electron chi connectivity index (χ0n) is 19.9. The maximum atomic E-state index is 13.2. The van der Waals surface area contributed by atoms with Gasteiger partial charge >= 0.3 is 0 Å². The number of likely N-dealkylation sites (N-methyl/N-ethyl adjacent to an activating group) is 2. The molecule has 0 aromatic heterocycles. The molecule has 170 valence electrons. The molecule has 2 amide bonds. The van der Waals surface area contributed by atoms with Crippen molar-refractivity contribution in [2.75, 3.05) is 52.4 Å². The van der Waals surface area contributed by atoms with E-state index in [1.54, 1.807) is 0 Å². The van der Waals surface area contributed by atoms with Crippen molar-refractivity contribution in [1.29, 1.82) is 0 Å².